The fourth-order valence-corrected chi connectivity index (χ4v) is 3.30. The lowest BCUT2D eigenvalue weighted by atomic mass is 10.1. The van der Waals surface area contributed by atoms with Gasteiger partial charge < -0.3 is 14.0 Å². The zero-order valence-electron chi connectivity index (χ0n) is 15.1. The highest BCUT2D eigenvalue weighted by Gasteiger charge is 2.13. The summed E-state index contributed by atoms with van der Waals surface area (Å²) in [5.41, 5.74) is 3.64. The van der Waals surface area contributed by atoms with Gasteiger partial charge in [-0.05, 0) is 19.1 Å². The van der Waals surface area contributed by atoms with E-state index >= 15 is 0 Å². The quantitative estimate of drug-likeness (QED) is 0.493. The van der Waals surface area contributed by atoms with Crippen molar-refractivity contribution >= 4 is 11.3 Å². The zero-order chi connectivity index (χ0) is 18.8. The molecule has 7 heteroatoms. The molecule has 136 valence electrons. The molecule has 4 rings (SSSR count). The summed E-state index contributed by atoms with van der Waals surface area (Å²) in [4.78, 5) is 9.01. The van der Waals surface area contributed by atoms with Crippen molar-refractivity contribution in [3.8, 4) is 45.6 Å². The predicted octanol–water partition coefficient (Wildman–Crippen LogP) is 4.85. The Balaban J connectivity index is 1.63. The molecule has 0 spiro atoms. The maximum Gasteiger partial charge on any atom is 0.258 e. The molecule has 0 bridgehead atoms. The zero-order valence-corrected chi connectivity index (χ0v) is 15.9. The lowest BCUT2D eigenvalue weighted by Crippen LogP contribution is -1.89. The standard InChI is InChI=1S/C20H17N3O3S/c1-12-21-18(11-27-12)13-4-6-14(7-5-13)19-22-20(26-23-19)15-8-16(24-2)10-17(9-15)25-3/h4-11H,1-3H3. The predicted molar refractivity (Wildman–Crippen MR) is 104 cm³/mol. The highest BCUT2D eigenvalue weighted by molar-refractivity contribution is 7.09. The second kappa shape index (κ2) is 7.20. The molecule has 2 heterocycles. The van der Waals surface area contributed by atoms with E-state index in [1.807, 2.05) is 48.7 Å². The van der Waals surface area contributed by atoms with Crippen molar-refractivity contribution in [2.24, 2.45) is 0 Å². The van der Waals surface area contributed by atoms with Crippen LogP contribution in [0.2, 0.25) is 0 Å². The van der Waals surface area contributed by atoms with Crippen molar-refractivity contribution in [2.75, 3.05) is 14.2 Å². The Morgan fingerprint density at radius 1 is 0.852 bits per heavy atom. The molecule has 6 nitrogen and oxygen atoms in total. The fourth-order valence-electron chi connectivity index (χ4n) is 2.67. The van der Waals surface area contributed by atoms with E-state index in [-0.39, 0.29) is 0 Å². The van der Waals surface area contributed by atoms with Crippen LogP contribution < -0.4 is 9.47 Å². The Morgan fingerprint density at radius 2 is 1.52 bits per heavy atom. The molecule has 0 aliphatic heterocycles. The molecule has 0 aliphatic rings. The van der Waals surface area contributed by atoms with Crippen LogP contribution >= 0.6 is 11.3 Å². The summed E-state index contributed by atoms with van der Waals surface area (Å²) < 4.78 is 16.0. The van der Waals surface area contributed by atoms with E-state index in [9.17, 15) is 0 Å². The molecule has 0 saturated carbocycles. The average Bonchev–Trinajstić information content (AvgIpc) is 3.37. The van der Waals surface area contributed by atoms with E-state index in [1.54, 1.807) is 31.6 Å². The van der Waals surface area contributed by atoms with Crippen molar-refractivity contribution in [3.63, 3.8) is 0 Å². The summed E-state index contributed by atoms with van der Waals surface area (Å²) in [5.74, 6) is 2.24. The van der Waals surface area contributed by atoms with Gasteiger partial charge in [0.25, 0.3) is 5.89 Å². The Morgan fingerprint density at radius 3 is 2.11 bits per heavy atom. The van der Waals surface area contributed by atoms with Crippen molar-refractivity contribution in [1.82, 2.24) is 15.1 Å². The fraction of sp³-hybridized carbons (Fsp3) is 0.150. The lowest BCUT2D eigenvalue weighted by Gasteiger charge is -2.05. The number of thiazole rings is 1. The topological polar surface area (TPSA) is 70.3 Å². The molecular formula is C20H17N3O3S. The number of methoxy groups -OCH3 is 2. The summed E-state index contributed by atoms with van der Waals surface area (Å²) in [6.07, 6.45) is 0. The molecule has 0 saturated heterocycles. The van der Waals surface area contributed by atoms with Crippen molar-refractivity contribution in [1.29, 1.82) is 0 Å². The van der Waals surface area contributed by atoms with Gasteiger partial charge in [0.15, 0.2) is 0 Å². The van der Waals surface area contributed by atoms with Crippen LogP contribution in [0.25, 0.3) is 34.1 Å². The van der Waals surface area contributed by atoms with Gasteiger partial charge in [-0.1, -0.05) is 29.4 Å². The second-order valence-electron chi connectivity index (χ2n) is 5.85. The maximum atomic E-state index is 5.44. The Hall–Kier alpha value is -3.19. The Kier molecular flexibility index (Phi) is 4.60. The van der Waals surface area contributed by atoms with Crippen LogP contribution in [0.1, 0.15) is 5.01 Å². The first kappa shape index (κ1) is 17.2. The van der Waals surface area contributed by atoms with E-state index in [1.165, 1.54) is 0 Å². The van der Waals surface area contributed by atoms with Crippen molar-refractivity contribution in [3.05, 3.63) is 52.9 Å². The van der Waals surface area contributed by atoms with Crippen LogP contribution in [0.15, 0.2) is 52.4 Å². The van der Waals surface area contributed by atoms with E-state index < -0.39 is 0 Å². The van der Waals surface area contributed by atoms with E-state index in [2.05, 4.69) is 15.1 Å². The molecule has 0 N–H and O–H groups in total. The molecule has 2 aromatic carbocycles. The minimum Gasteiger partial charge on any atom is -0.497 e. The van der Waals surface area contributed by atoms with E-state index in [4.69, 9.17) is 14.0 Å². The first-order chi connectivity index (χ1) is 13.2. The largest absolute Gasteiger partial charge is 0.497 e. The highest BCUT2D eigenvalue weighted by Crippen LogP contribution is 2.30. The Bertz CT molecular complexity index is 1050. The van der Waals surface area contributed by atoms with Gasteiger partial charge >= 0.3 is 0 Å². The first-order valence-corrected chi connectivity index (χ1v) is 9.14. The molecule has 0 amide bonds. The van der Waals surface area contributed by atoms with Crippen LogP contribution in [-0.4, -0.2) is 29.3 Å². The lowest BCUT2D eigenvalue weighted by molar-refractivity contribution is 0.393. The van der Waals surface area contributed by atoms with Crippen LogP contribution in [0.4, 0.5) is 0 Å². The average molecular weight is 379 g/mol. The van der Waals surface area contributed by atoms with Crippen LogP contribution in [-0.2, 0) is 0 Å². The number of ether oxygens (including phenoxy) is 2. The third-order valence-electron chi connectivity index (χ3n) is 4.08. The normalized spacial score (nSPS) is 10.8. The summed E-state index contributed by atoms with van der Waals surface area (Å²) in [6, 6.07) is 13.4. The second-order valence-corrected chi connectivity index (χ2v) is 6.92. The smallest absolute Gasteiger partial charge is 0.258 e. The molecular weight excluding hydrogens is 362 g/mol. The van der Waals surface area contributed by atoms with Gasteiger partial charge in [0, 0.05) is 28.1 Å². The van der Waals surface area contributed by atoms with E-state index in [0.29, 0.717) is 23.2 Å². The van der Waals surface area contributed by atoms with Gasteiger partial charge in [-0.15, -0.1) is 11.3 Å². The van der Waals surface area contributed by atoms with Crippen LogP contribution in [0.3, 0.4) is 0 Å². The molecule has 0 radical (unpaired) electrons. The molecule has 4 aromatic rings. The van der Waals surface area contributed by atoms with Crippen molar-refractivity contribution in [2.45, 2.75) is 6.92 Å². The minimum atomic E-state index is 0.404. The SMILES string of the molecule is COc1cc(OC)cc(-c2nc(-c3ccc(-c4csc(C)n4)cc3)no2)c1. The molecule has 0 atom stereocenters. The summed E-state index contributed by atoms with van der Waals surface area (Å²) in [5, 5.41) is 7.19. The number of nitrogens with zero attached hydrogens (tertiary/aromatic N) is 3. The number of aromatic nitrogens is 3. The van der Waals surface area contributed by atoms with Crippen molar-refractivity contribution < 1.29 is 14.0 Å². The highest BCUT2D eigenvalue weighted by atomic mass is 32.1. The number of aryl methyl sites for hydroxylation is 1. The Labute approximate surface area is 160 Å². The van der Waals surface area contributed by atoms with Crippen LogP contribution in [0.5, 0.6) is 11.5 Å². The van der Waals surface area contributed by atoms with Gasteiger partial charge in [-0.2, -0.15) is 4.98 Å². The molecule has 2 aromatic heterocycles. The third-order valence-corrected chi connectivity index (χ3v) is 4.86. The van der Waals surface area contributed by atoms with Gasteiger partial charge in [-0.3, -0.25) is 0 Å². The molecule has 0 unspecified atom stereocenters. The number of rotatable bonds is 5. The summed E-state index contributed by atoms with van der Waals surface area (Å²) in [7, 11) is 3.20. The molecule has 0 fully saturated rings. The molecule has 27 heavy (non-hydrogen) atoms. The minimum absolute atomic E-state index is 0.404. The van der Waals surface area contributed by atoms with Gasteiger partial charge in [0.05, 0.1) is 24.9 Å². The summed E-state index contributed by atoms with van der Waals surface area (Å²) >= 11 is 1.64. The first-order valence-electron chi connectivity index (χ1n) is 8.26. The maximum absolute atomic E-state index is 5.44. The summed E-state index contributed by atoms with van der Waals surface area (Å²) in [6.45, 7) is 2.00. The van der Waals surface area contributed by atoms with Gasteiger partial charge in [-0.25, -0.2) is 4.98 Å². The monoisotopic (exact) mass is 379 g/mol. The number of hydrogen-bond acceptors (Lipinski definition) is 7. The van der Waals surface area contributed by atoms with Crippen LogP contribution in [0, 0.1) is 6.92 Å². The number of hydrogen-bond donors (Lipinski definition) is 0. The molecule has 0 aliphatic carbocycles. The number of benzene rings is 2. The van der Waals surface area contributed by atoms with E-state index in [0.717, 1.165) is 27.4 Å². The van der Waals surface area contributed by atoms with Gasteiger partial charge in [0.1, 0.15) is 11.5 Å². The third kappa shape index (κ3) is 3.54. The van der Waals surface area contributed by atoms with Gasteiger partial charge in [0.2, 0.25) is 5.82 Å².